The summed E-state index contributed by atoms with van der Waals surface area (Å²) in [6.45, 7) is 2.42. The molecule has 2 N–H and O–H groups in total. The third kappa shape index (κ3) is 4.73. The van der Waals surface area contributed by atoms with Gasteiger partial charge in [0.05, 0.1) is 7.11 Å². The largest absolute Gasteiger partial charge is 0.497 e. The average Bonchev–Trinajstić information content (AvgIpc) is 3.21. The molecule has 0 saturated heterocycles. The molecule has 8 heteroatoms. The van der Waals surface area contributed by atoms with Crippen LogP contribution >= 0.6 is 0 Å². The summed E-state index contributed by atoms with van der Waals surface area (Å²) in [5.41, 5.74) is 2.30. The second kappa shape index (κ2) is 8.81. The zero-order valence-corrected chi connectivity index (χ0v) is 15.6. The van der Waals surface area contributed by atoms with Crippen LogP contribution in [-0.2, 0) is 0 Å². The molecule has 0 aliphatic carbocycles. The number of aryl methyl sites for hydroxylation is 1. The van der Waals surface area contributed by atoms with Gasteiger partial charge in [0.15, 0.2) is 0 Å². The van der Waals surface area contributed by atoms with Crippen molar-refractivity contribution in [1.82, 2.24) is 20.8 Å². The van der Waals surface area contributed by atoms with Crippen molar-refractivity contribution in [3.05, 3.63) is 65.5 Å². The first-order valence-corrected chi connectivity index (χ1v) is 8.68. The number of methoxy groups -OCH3 is 1. The molecule has 0 radical (unpaired) electrons. The molecular formula is C20H20N4O4. The van der Waals surface area contributed by atoms with Crippen LogP contribution < -0.4 is 15.4 Å². The minimum Gasteiger partial charge on any atom is -0.497 e. The molecule has 0 spiro atoms. The number of hydrogen-bond donors (Lipinski definition) is 2. The van der Waals surface area contributed by atoms with E-state index in [1.807, 2.05) is 31.2 Å². The number of nitrogens with one attached hydrogen (secondary N) is 2. The number of benzene rings is 2. The molecule has 0 unspecified atom stereocenters. The SMILES string of the molecule is COc1cccc(C(=O)NCCNC(=O)c2nc(-c3cccc(C)c3)no2)c1. The maximum atomic E-state index is 12.1. The zero-order chi connectivity index (χ0) is 19.9. The van der Waals surface area contributed by atoms with Crippen LogP contribution in [0.2, 0.25) is 0 Å². The van der Waals surface area contributed by atoms with Gasteiger partial charge in [0, 0.05) is 24.2 Å². The molecule has 3 rings (SSSR count). The molecule has 1 aromatic heterocycles. The molecule has 0 aliphatic rings. The van der Waals surface area contributed by atoms with Gasteiger partial charge >= 0.3 is 11.8 Å². The fraction of sp³-hybridized carbons (Fsp3) is 0.200. The summed E-state index contributed by atoms with van der Waals surface area (Å²) in [5, 5.41) is 9.18. The Kier molecular flexibility index (Phi) is 6.01. The van der Waals surface area contributed by atoms with E-state index in [9.17, 15) is 9.59 Å². The maximum absolute atomic E-state index is 12.1. The minimum atomic E-state index is -0.498. The van der Waals surface area contributed by atoms with Crippen LogP contribution in [-0.4, -0.2) is 42.2 Å². The van der Waals surface area contributed by atoms with Gasteiger partial charge in [-0.1, -0.05) is 35.0 Å². The Hall–Kier alpha value is -3.68. The third-order valence-electron chi connectivity index (χ3n) is 3.92. The summed E-state index contributed by atoms with van der Waals surface area (Å²) in [4.78, 5) is 28.3. The monoisotopic (exact) mass is 380 g/mol. The van der Waals surface area contributed by atoms with Crippen molar-refractivity contribution in [2.45, 2.75) is 6.92 Å². The lowest BCUT2D eigenvalue weighted by Crippen LogP contribution is -2.34. The molecule has 8 nitrogen and oxygen atoms in total. The highest BCUT2D eigenvalue weighted by molar-refractivity contribution is 5.94. The van der Waals surface area contributed by atoms with Crippen molar-refractivity contribution in [2.75, 3.05) is 20.2 Å². The van der Waals surface area contributed by atoms with Crippen LogP contribution in [0.15, 0.2) is 53.1 Å². The van der Waals surface area contributed by atoms with E-state index in [1.54, 1.807) is 24.3 Å². The summed E-state index contributed by atoms with van der Waals surface area (Å²) in [6.07, 6.45) is 0. The van der Waals surface area contributed by atoms with Gasteiger partial charge in [0.1, 0.15) is 5.75 Å². The Labute approximate surface area is 161 Å². The van der Waals surface area contributed by atoms with Crippen molar-refractivity contribution in [3.63, 3.8) is 0 Å². The van der Waals surface area contributed by atoms with Crippen molar-refractivity contribution in [1.29, 1.82) is 0 Å². The van der Waals surface area contributed by atoms with E-state index in [0.29, 0.717) is 17.1 Å². The molecule has 0 saturated carbocycles. The highest BCUT2D eigenvalue weighted by atomic mass is 16.5. The zero-order valence-electron chi connectivity index (χ0n) is 15.6. The minimum absolute atomic E-state index is 0.129. The number of carbonyl (C=O) groups excluding carboxylic acids is 2. The fourth-order valence-electron chi connectivity index (χ4n) is 2.51. The van der Waals surface area contributed by atoms with Gasteiger partial charge in [-0.15, -0.1) is 0 Å². The number of nitrogens with zero attached hydrogens (tertiary/aromatic N) is 2. The van der Waals surface area contributed by atoms with E-state index in [1.165, 1.54) is 7.11 Å². The number of carbonyl (C=O) groups is 2. The first-order chi connectivity index (χ1) is 13.6. The lowest BCUT2D eigenvalue weighted by molar-refractivity contribution is 0.0898. The Balaban J connectivity index is 1.49. The molecule has 0 fully saturated rings. The van der Waals surface area contributed by atoms with Gasteiger partial charge in [-0.05, 0) is 31.2 Å². The number of aromatic nitrogens is 2. The molecular weight excluding hydrogens is 360 g/mol. The van der Waals surface area contributed by atoms with Crippen molar-refractivity contribution >= 4 is 11.8 Å². The number of hydrogen-bond acceptors (Lipinski definition) is 6. The van der Waals surface area contributed by atoms with Gasteiger partial charge in [-0.3, -0.25) is 9.59 Å². The van der Waals surface area contributed by atoms with Crippen LogP contribution in [0.5, 0.6) is 5.75 Å². The second-order valence-corrected chi connectivity index (χ2v) is 6.04. The number of amides is 2. The van der Waals surface area contributed by atoms with E-state index in [-0.39, 0.29) is 24.9 Å². The molecule has 0 bridgehead atoms. The van der Waals surface area contributed by atoms with Crippen LogP contribution in [0.25, 0.3) is 11.4 Å². The molecule has 0 aliphatic heterocycles. The molecule has 2 amide bonds. The summed E-state index contributed by atoms with van der Waals surface area (Å²) in [5.74, 6) is 0.0623. The van der Waals surface area contributed by atoms with E-state index in [0.717, 1.165) is 11.1 Å². The Morgan fingerprint density at radius 1 is 1.04 bits per heavy atom. The number of ether oxygens (including phenoxy) is 1. The van der Waals surface area contributed by atoms with Gasteiger partial charge in [0.25, 0.3) is 5.91 Å². The predicted molar refractivity (Wildman–Crippen MR) is 102 cm³/mol. The van der Waals surface area contributed by atoms with E-state index < -0.39 is 5.91 Å². The topological polar surface area (TPSA) is 106 Å². The van der Waals surface area contributed by atoms with Crippen molar-refractivity contribution in [2.24, 2.45) is 0 Å². The first-order valence-electron chi connectivity index (χ1n) is 8.68. The fourth-order valence-corrected chi connectivity index (χ4v) is 2.51. The highest BCUT2D eigenvalue weighted by Gasteiger charge is 2.16. The lowest BCUT2D eigenvalue weighted by atomic mass is 10.1. The molecule has 3 aromatic rings. The Morgan fingerprint density at radius 3 is 2.54 bits per heavy atom. The van der Waals surface area contributed by atoms with E-state index in [2.05, 4.69) is 20.8 Å². The van der Waals surface area contributed by atoms with E-state index >= 15 is 0 Å². The molecule has 2 aromatic carbocycles. The molecule has 144 valence electrons. The number of rotatable bonds is 7. The van der Waals surface area contributed by atoms with Gasteiger partial charge in [-0.25, -0.2) is 0 Å². The van der Waals surface area contributed by atoms with Gasteiger partial charge < -0.3 is 19.9 Å². The van der Waals surface area contributed by atoms with Crippen molar-refractivity contribution < 1.29 is 18.8 Å². The summed E-state index contributed by atoms with van der Waals surface area (Å²) < 4.78 is 10.1. The van der Waals surface area contributed by atoms with E-state index in [4.69, 9.17) is 9.26 Å². The maximum Gasteiger partial charge on any atom is 0.316 e. The summed E-state index contributed by atoms with van der Waals surface area (Å²) >= 11 is 0. The Morgan fingerprint density at radius 2 is 1.79 bits per heavy atom. The van der Waals surface area contributed by atoms with Crippen LogP contribution in [0.3, 0.4) is 0 Å². The van der Waals surface area contributed by atoms with Crippen LogP contribution in [0, 0.1) is 6.92 Å². The smallest absolute Gasteiger partial charge is 0.316 e. The molecule has 1 heterocycles. The van der Waals surface area contributed by atoms with Gasteiger partial charge in [-0.2, -0.15) is 4.98 Å². The van der Waals surface area contributed by atoms with Crippen LogP contribution in [0.4, 0.5) is 0 Å². The summed E-state index contributed by atoms with van der Waals surface area (Å²) in [7, 11) is 1.54. The highest BCUT2D eigenvalue weighted by Crippen LogP contribution is 2.16. The Bertz CT molecular complexity index is 984. The predicted octanol–water partition coefficient (Wildman–Crippen LogP) is 2.21. The quantitative estimate of drug-likeness (QED) is 0.609. The standard InChI is InChI=1S/C20H20N4O4/c1-13-5-3-6-14(11-13)17-23-20(28-24-17)19(26)22-10-9-21-18(25)15-7-4-8-16(12-15)27-2/h3-8,11-12H,9-10H2,1-2H3,(H,21,25)(H,22,26). The normalized spacial score (nSPS) is 10.4. The first kappa shape index (κ1) is 19.1. The molecule has 28 heavy (non-hydrogen) atoms. The average molecular weight is 380 g/mol. The third-order valence-corrected chi connectivity index (χ3v) is 3.92. The van der Waals surface area contributed by atoms with Gasteiger partial charge in [0.2, 0.25) is 5.82 Å². The second-order valence-electron chi connectivity index (χ2n) is 6.04. The summed E-state index contributed by atoms with van der Waals surface area (Å²) in [6, 6.07) is 14.4. The molecule has 0 atom stereocenters. The van der Waals surface area contributed by atoms with Crippen LogP contribution in [0.1, 0.15) is 26.6 Å². The lowest BCUT2D eigenvalue weighted by Gasteiger charge is -2.07. The van der Waals surface area contributed by atoms with Crippen molar-refractivity contribution in [3.8, 4) is 17.1 Å².